The van der Waals surface area contributed by atoms with Gasteiger partial charge in [0.05, 0.1) is 13.2 Å². The van der Waals surface area contributed by atoms with Gasteiger partial charge in [0.1, 0.15) is 5.84 Å². The summed E-state index contributed by atoms with van der Waals surface area (Å²) < 4.78 is 10.8. The molecule has 0 unspecified atom stereocenters. The Morgan fingerprint density at radius 2 is 1.60 bits per heavy atom. The van der Waals surface area contributed by atoms with E-state index >= 15 is 0 Å². The molecule has 0 heterocycles. The van der Waals surface area contributed by atoms with Crippen molar-refractivity contribution in [1.82, 2.24) is 4.90 Å². The number of oxime groups is 1. The standard InChI is InChI=1S/C14H31N3O3/c1-5-19-11-9-17(10-12-20-6-2)8-7-14(3,4)13(15)16-18/h18H,5-12H2,1-4H3,(H2,15,16). The van der Waals surface area contributed by atoms with E-state index in [9.17, 15) is 0 Å². The first-order valence-corrected chi connectivity index (χ1v) is 7.33. The second kappa shape index (κ2) is 10.9. The van der Waals surface area contributed by atoms with Gasteiger partial charge in [0, 0.05) is 31.7 Å². The Hall–Kier alpha value is -0.850. The van der Waals surface area contributed by atoms with Crippen LogP contribution in [-0.2, 0) is 9.47 Å². The highest BCUT2D eigenvalue weighted by molar-refractivity contribution is 5.85. The summed E-state index contributed by atoms with van der Waals surface area (Å²) in [5, 5.41) is 11.9. The highest BCUT2D eigenvalue weighted by Crippen LogP contribution is 2.20. The molecule has 0 saturated carbocycles. The van der Waals surface area contributed by atoms with Gasteiger partial charge in [0.2, 0.25) is 0 Å². The van der Waals surface area contributed by atoms with E-state index in [1.54, 1.807) is 0 Å². The van der Waals surface area contributed by atoms with Crippen molar-refractivity contribution in [3.63, 3.8) is 0 Å². The van der Waals surface area contributed by atoms with Crippen LogP contribution in [0.4, 0.5) is 0 Å². The molecule has 3 N–H and O–H groups in total. The first kappa shape index (κ1) is 19.1. The molecule has 0 aliphatic rings. The van der Waals surface area contributed by atoms with E-state index in [0.717, 1.165) is 39.3 Å². The fraction of sp³-hybridized carbons (Fsp3) is 0.929. The van der Waals surface area contributed by atoms with E-state index in [2.05, 4.69) is 10.1 Å². The van der Waals surface area contributed by atoms with Gasteiger partial charge in [-0.25, -0.2) is 0 Å². The van der Waals surface area contributed by atoms with Crippen molar-refractivity contribution < 1.29 is 14.7 Å². The zero-order valence-electron chi connectivity index (χ0n) is 13.4. The second-order valence-electron chi connectivity index (χ2n) is 5.35. The average Bonchev–Trinajstić information content (AvgIpc) is 2.43. The number of hydrogen-bond acceptors (Lipinski definition) is 5. The van der Waals surface area contributed by atoms with Gasteiger partial charge < -0.3 is 20.4 Å². The van der Waals surface area contributed by atoms with E-state index in [-0.39, 0.29) is 11.3 Å². The van der Waals surface area contributed by atoms with Gasteiger partial charge in [-0.3, -0.25) is 4.90 Å². The Morgan fingerprint density at radius 3 is 2.00 bits per heavy atom. The second-order valence-corrected chi connectivity index (χ2v) is 5.35. The fourth-order valence-corrected chi connectivity index (χ4v) is 1.71. The lowest BCUT2D eigenvalue weighted by atomic mass is 9.88. The molecule has 0 spiro atoms. The fourth-order valence-electron chi connectivity index (χ4n) is 1.71. The molecule has 120 valence electrons. The van der Waals surface area contributed by atoms with Gasteiger partial charge in [0.15, 0.2) is 0 Å². The molecule has 0 saturated heterocycles. The normalized spacial score (nSPS) is 13.2. The first-order valence-electron chi connectivity index (χ1n) is 7.33. The minimum atomic E-state index is -0.315. The molecule has 0 rings (SSSR count). The topological polar surface area (TPSA) is 80.3 Å². The van der Waals surface area contributed by atoms with E-state index in [1.165, 1.54) is 0 Å². The third-order valence-corrected chi connectivity index (χ3v) is 3.37. The lowest BCUT2D eigenvalue weighted by molar-refractivity contribution is 0.0794. The molecule has 0 aromatic heterocycles. The SMILES string of the molecule is CCOCCN(CCOCC)CCC(C)(C)C(N)=NO. The number of ether oxygens (including phenoxy) is 2. The van der Waals surface area contributed by atoms with E-state index in [1.807, 2.05) is 27.7 Å². The van der Waals surface area contributed by atoms with Crippen LogP contribution in [0.25, 0.3) is 0 Å². The zero-order valence-corrected chi connectivity index (χ0v) is 13.4. The Balaban J connectivity index is 4.25. The van der Waals surface area contributed by atoms with Crippen molar-refractivity contribution in [3.05, 3.63) is 0 Å². The maximum absolute atomic E-state index is 8.79. The van der Waals surface area contributed by atoms with E-state index in [4.69, 9.17) is 20.4 Å². The van der Waals surface area contributed by atoms with Crippen molar-refractivity contribution in [1.29, 1.82) is 0 Å². The van der Waals surface area contributed by atoms with Gasteiger partial charge in [-0.15, -0.1) is 0 Å². The van der Waals surface area contributed by atoms with Crippen molar-refractivity contribution in [3.8, 4) is 0 Å². The van der Waals surface area contributed by atoms with Crippen LogP contribution in [0.5, 0.6) is 0 Å². The molecule has 0 bridgehead atoms. The third kappa shape index (κ3) is 8.35. The maximum atomic E-state index is 8.79. The van der Waals surface area contributed by atoms with Crippen molar-refractivity contribution in [2.45, 2.75) is 34.1 Å². The summed E-state index contributed by atoms with van der Waals surface area (Å²) >= 11 is 0. The van der Waals surface area contributed by atoms with Crippen LogP contribution in [-0.4, -0.2) is 62.0 Å². The molecule has 0 amide bonds. The number of nitrogens with zero attached hydrogens (tertiary/aromatic N) is 2. The summed E-state index contributed by atoms with van der Waals surface area (Å²) in [5.74, 6) is 0.270. The van der Waals surface area contributed by atoms with Crippen LogP contribution in [0.2, 0.25) is 0 Å². The first-order chi connectivity index (χ1) is 9.47. The number of hydrogen-bond donors (Lipinski definition) is 2. The van der Waals surface area contributed by atoms with E-state index in [0.29, 0.717) is 13.2 Å². The van der Waals surface area contributed by atoms with Gasteiger partial charge >= 0.3 is 0 Å². The lowest BCUT2D eigenvalue weighted by Gasteiger charge is -2.28. The molecule has 0 fully saturated rings. The Labute approximate surface area is 122 Å². The Bertz CT molecular complexity index is 260. The number of nitrogens with two attached hydrogens (primary N) is 1. The third-order valence-electron chi connectivity index (χ3n) is 3.37. The summed E-state index contributed by atoms with van der Waals surface area (Å²) in [6.07, 6.45) is 0.821. The molecule has 6 heteroatoms. The molecule has 6 nitrogen and oxygen atoms in total. The number of rotatable bonds is 12. The molecule has 0 aliphatic carbocycles. The van der Waals surface area contributed by atoms with Gasteiger partial charge in [-0.1, -0.05) is 19.0 Å². The van der Waals surface area contributed by atoms with Gasteiger partial charge in [-0.05, 0) is 26.8 Å². The van der Waals surface area contributed by atoms with Crippen LogP contribution < -0.4 is 5.73 Å². The highest BCUT2D eigenvalue weighted by atomic mass is 16.5. The molecule has 0 aromatic carbocycles. The molecule has 0 atom stereocenters. The predicted octanol–water partition coefficient (Wildman–Crippen LogP) is 1.52. The Morgan fingerprint density at radius 1 is 1.10 bits per heavy atom. The smallest absolute Gasteiger partial charge is 0.144 e. The van der Waals surface area contributed by atoms with Crippen molar-refractivity contribution in [2.75, 3.05) is 46.1 Å². The summed E-state index contributed by atoms with van der Waals surface area (Å²) in [5.41, 5.74) is 5.40. The zero-order chi connectivity index (χ0) is 15.4. The predicted molar refractivity (Wildman–Crippen MR) is 81.2 cm³/mol. The molecule has 0 aliphatic heterocycles. The van der Waals surface area contributed by atoms with Crippen LogP contribution in [0.3, 0.4) is 0 Å². The molecule has 20 heavy (non-hydrogen) atoms. The van der Waals surface area contributed by atoms with Crippen molar-refractivity contribution in [2.24, 2.45) is 16.3 Å². The monoisotopic (exact) mass is 289 g/mol. The molecule has 0 radical (unpaired) electrons. The minimum absolute atomic E-state index is 0.270. The van der Waals surface area contributed by atoms with Gasteiger partial charge in [-0.2, -0.15) is 0 Å². The van der Waals surface area contributed by atoms with Crippen molar-refractivity contribution >= 4 is 5.84 Å². The van der Waals surface area contributed by atoms with Gasteiger partial charge in [0.25, 0.3) is 0 Å². The average molecular weight is 289 g/mol. The summed E-state index contributed by atoms with van der Waals surface area (Å²) in [4.78, 5) is 2.29. The Kier molecular flexibility index (Phi) is 10.4. The quantitative estimate of drug-likeness (QED) is 0.187. The molecular weight excluding hydrogens is 258 g/mol. The van der Waals surface area contributed by atoms with Crippen LogP contribution in [0, 0.1) is 5.41 Å². The lowest BCUT2D eigenvalue weighted by Crippen LogP contribution is -2.38. The summed E-state index contributed by atoms with van der Waals surface area (Å²) in [6.45, 7) is 13.4. The highest BCUT2D eigenvalue weighted by Gasteiger charge is 2.24. The summed E-state index contributed by atoms with van der Waals surface area (Å²) in [6, 6.07) is 0. The van der Waals surface area contributed by atoms with E-state index < -0.39 is 0 Å². The minimum Gasteiger partial charge on any atom is -0.409 e. The number of amidine groups is 1. The largest absolute Gasteiger partial charge is 0.409 e. The van der Waals surface area contributed by atoms with Crippen LogP contribution in [0.15, 0.2) is 5.16 Å². The van der Waals surface area contributed by atoms with Crippen LogP contribution in [0.1, 0.15) is 34.1 Å². The molecular formula is C14H31N3O3. The van der Waals surface area contributed by atoms with Crippen LogP contribution >= 0.6 is 0 Å². The maximum Gasteiger partial charge on any atom is 0.144 e. The summed E-state index contributed by atoms with van der Waals surface area (Å²) in [7, 11) is 0. The molecule has 0 aromatic rings.